The molecule has 0 atom stereocenters. The first-order valence-electron chi connectivity index (χ1n) is 11.0. The summed E-state index contributed by atoms with van der Waals surface area (Å²) in [7, 11) is -0.689. The molecule has 0 spiro atoms. The minimum atomic E-state index is -3.75. The molecule has 0 saturated carbocycles. The normalized spacial score (nSPS) is 16.7. The van der Waals surface area contributed by atoms with E-state index in [4.69, 9.17) is 9.47 Å². The monoisotopic (exact) mass is 485 g/mol. The Kier molecular flexibility index (Phi) is 6.66. The second-order valence-corrected chi connectivity index (χ2v) is 10.3. The molecule has 0 aromatic heterocycles. The summed E-state index contributed by atoms with van der Waals surface area (Å²) in [5, 5.41) is 12.0. The van der Waals surface area contributed by atoms with E-state index in [1.54, 1.807) is 66.7 Å². The lowest BCUT2D eigenvalue weighted by Gasteiger charge is -2.46. The van der Waals surface area contributed by atoms with Crippen LogP contribution in [-0.4, -0.2) is 50.8 Å². The third-order valence-electron chi connectivity index (χ3n) is 6.56. The zero-order valence-corrected chi connectivity index (χ0v) is 20.0. The van der Waals surface area contributed by atoms with Gasteiger partial charge in [-0.1, -0.05) is 42.5 Å². The molecule has 0 amide bonds. The van der Waals surface area contributed by atoms with Gasteiger partial charge in [-0.05, 0) is 60.4 Å². The maximum atomic E-state index is 16.8. The first kappa shape index (κ1) is 24.2. The first-order chi connectivity index (χ1) is 16.2. The SMILES string of the molecule is COc1ccc(C(O)(c2ccc(OC)cc2)C2(F)CCN(S(=O)(=O)c3ccccc3)CC2)cc1. The van der Waals surface area contributed by atoms with Gasteiger partial charge in [-0.15, -0.1) is 0 Å². The molecule has 1 fully saturated rings. The minimum Gasteiger partial charge on any atom is -0.497 e. The van der Waals surface area contributed by atoms with Gasteiger partial charge in [0.15, 0.2) is 0 Å². The molecular formula is C26H28FNO5S. The Balaban J connectivity index is 1.70. The van der Waals surface area contributed by atoms with Crippen molar-refractivity contribution in [1.29, 1.82) is 0 Å². The van der Waals surface area contributed by atoms with E-state index in [-0.39, 0.29) is 30.8 Å². The van der Waals surface area contributed by atoms with Crippen molar-refractivity contribution in [2.45, 2.75) is 29.0 Å². The van der Waals surface area contributed by atoms with Crippen LogP contribution in [0.5, 0.6) is 11.5 Å². The number of rotatable bonds is 7. The summed E-state index contributed by atoms with van der Waals surface area (Å²) in [4.78, 5) is 0.168. The van der Waals surface area contributed by atoms with E-state index < -0.39 is 21.3 Å². The van der Waals surface area contributed by atoms with Gasteiger partial charge in [0.05, 0.1) is 19.1 Å². The fourth-order valence-corrected chi connectivity index (χ4v) is 6.00. The predicted molar refractivity (Wildman–Crippen MR) is 127 cm³/mol. The molecule has 6 nitrogen and oxygen atoms in total. The molecule has 0 aliphatic carbocycles. The highest BCUT2D eigenvalue weighted by atomic mass is 32.2. The minimum absolute atomic E-state index is 0.0532. The largest absolute Gasteiger partial charge is 0.497 e. The number of aliphatic hydroxyl groups is 1. The van der Waals surface area contributed by atoms with Crippen molar-refractivity contribution in [2.75, 3.05) is 27.3 Å². The predicted octanol–water partition coefficient (Wildman–Crippen LogP) is 4.13. The van der Waals surface area contributed by atoms with Gasteiger partial charge < -0.3 is 14.6 Å². The van der Waals surface area contributed by atoms with Gasteiger partial charge in [-0.25, -0.2) is 12.8 Å². The third-order valence-corrected chi connectivity index (χ3v) is 8.47. The van der Waals surface area contributed by atoms with Gasteiger partial charge in [0.2, 0.25) is 10.0 Å². The zero-order chi connectivity index (χ0) is 24.4. The second kappa shape index (κ2) is 9.37. The molecule has 8 heteroatoms. The molecule has 1 heterocycles. The summed E-state index contributed by atoms with van der Waals surface area (Å²) < 4.78 is 54.6. The highest BCUT2D eigenvalue weighted by molar-refractivity contribution is 7.89. The van der Waals surface area contributed by atoms with Crippen LogP contribution in [0.15, 0.2) is 83.8 Å². The average molecular weight is 486 g/mol. The van der Waals surface area contributed by atoms with Gasteiger partial charge >= 0.3 is 0 Å². The smallest absolute Gasteiger partial charge is 0.243 e. The topological polar surface area (TPSA) is 76.1 Å². The van der Waals surface area contributed by atoms with E-state index in [2.05, 4.69) is 0 Å². The molecule has 34 heavy (non-hydrogen) atoms. The summed E-state index contributed by atoms with van der Waals surface area (Å²) >= 11 is 0. The van der Waals surface area contributed by atoms with Crippen LogP contribution < -0.4 is 9.47 Å². The molecule has 0 bridgehead atoms. The number of hydrogen-bond acceptors (Lipinski definition) is 5. The average Bonchev–Trinajstić information content (AvgIpc) is 2.89. The van der Waals surface area contributed by atoms with Gasteiger partial charge in [0.1, 0.15) is 22.8 Å². The van der Waals surface area contributed by atoms with Gasteiger partial charge in [0.25, 0.3) is 0 Å². The molecule has 4 rings (SSSR count). The van der Waals surface area contributed by atoms with Crippen molar-refractivity contribution in [3.8, 4) is 11.5 Å². The van der Waals surface area contributed by atoms with Crippen LogP contribution in [0.4, 0.5) is 4.39 Å². The number of nitrogens with zero attached hydrogens (tertiary/aromatic N) is 1. The maximum absolute atomic E-state index is 16.8. The van der Waals surface area contributed by atoms with Crippen LogP contribution in [0, 0.1) is 0 Å². The van der Waals surface area contributed by atoms with E-state index in [0.29, 0.717) is 22.6 Å². The lowest BCUT2D eigenvalue weighted by atomic mass is 9.70. The lowest BCUT2D eigenvalue weighted by molar-refractivity contribution is -0.103. The molecule has 1 saturated heterocycles. The van der Waals surface area contributed by atoms with Crippen molar-refractivity contribution >= 4 is 10.0 Å². The highest BCUT2D eigenvalue weighted by Crippen LogP contribution is 2.48. The molecule has 3 aromatic carbocycles. The molecule has 3 aromatic rings. The van der Waals surface area contributed by atoms with Crippen LogP contribution in [0.1, 0.15) is 24.0 Å². The lowest BCUT2D eigenvalue weighted by Crippen LogP contribution is -2.56. The van der Waals surface area contributed by atoms with Crippen molar-refractivity contribution in [2.24, 2.45) is 0 Å². The van der Waals surface area contributed by atoms with Crippen LogP contribution in [0.25, 0.3) is 0 Å². The van der Waals surface area contributed by atoms with Crippen molar-refractivity contribution in [1.82, 2.24) is 4.31 Å². The quantitative estimate of drug-likeness (QED) is 0.545. The van der Waals surface area contributed by atoms with Crippen molar-refractivity contribution in [3.05, 3.63) is 90.0 Å². The number of alkyl halides is 1. The van der Waals surface area contributed by atoms with Crippen LogP contribution in [0.3, 0.4) is 0 Å². The Hall–Kier alpha value is -2.94. The van der Waals surface area contributed by atoms with E-state index in [0.717, 1.165) is 0 Å². The molecule has 180 valence electrons. The van der Waals surface area contributed by atoms with Gasteiger partial charge in [0, 0.05) is 13.1 Å². The van der Waals surface area contributed by atoms with E-state index >= 15 is 4.39 Å². The van der Waals surface area contributed by atoms with E-state index in [1.165, 1.54) is 30.7 Å². The molecule has 1 aliphatic rings. The second-order valence-electron chi connectivity index (χ2n) is 8.35. The fourth-order valence-electron chi connectivity index (χ4n) is 4.53. The van der Waals surface area contributed by atoms with Crippen molar-refractivity contribution in [3.63, 3.8) is 0 Å². The Morgan fingerprint density at radius 1 is 0.824 bits per heavy atom. The summed E-state index contributed by atoms with van der Waals surface area (Å²) in [5.41, 5.74) is -3.40. The number of ether oxygens (including phenoxy) is 2. The maximum Gasteiger partial charge on any atom is 0.243 e. The number of benzene rings is 3. The molecule has 0 unspecified atom stereocenters. The number of halogens is 1. The fraction of sp³-hybridized carbons (Fsp3) is 0.308. The summed E-state index contributed by atoms with van der Waals surface area (Å²) in [6.07, 6.45) is -0.346. The van der Waals surface area contributed by atoms with Crippen LogP contribution in [-0.2, 0) is 15.6 Å². The number of hydrogen-bond donors (Lipinski definition) is 1. The highest BCUT2D eigenvalue weighted by Gasteiger charge is 2.55. The Bertz CT molecular complexity index is 1160. The van der Waals surface area contributed by atoms with E-state index in [1.807, 2.05) is 0 Å². The Morgan fingerprint density at radius 2 is 1.26 bits per heavy atom. The van der Waals surface area contributed by atoms with Crippen molar-refractivity contribution < 1.29 is 27.4 Å². The summed E-state index contributed by atoms with van der Waals surface area (Å²) in [6, 6.07) is 21.3. The molecular weight excluding hydrogens is 457 g/mol. The third kappa shape index (κ3) is 4.17. The Labute approximate surface area is 199 Å². The molecule has 1 N–H and O–H groups in total. The van der Waals surface area contributed by atoms with Crippen LogP contribution >= 0.6 is 0 Å². The van der Waals surface area contributed by atoms with E-state index in [9.17, 15) is 13.5 Å². The van der Waals surface area contributed by atoms with Crippen LogP contribution in [0.2, 0.25) is 0 Å². The standard InChI is InChI=1S/C26H28FNO5S/c1-32-22-12-8-20(9-13-22)26(29,21-10-14-23(33-2)15-11-21)25(27)16-18-28(19-17-25)34(30,31)24-6-4-3-5-7-24/h3-15,29H,16-19H2,1-2H3. The number of piperidine rings is 1. The number of sulfonamides is 1. The number of methoxy groups -OCH3 is 2. The molecule has 0 radical (unpaired) electrons. The van der Waals surface area contributed by atoms with Gasteiger partial charge in [-0.2, -0.15) is 4.31 Å². The Morgan fingerprint density at radius 3 is 1.68 bits per heavy atom. The summed E-state index contributed by atoms with van der Waals surface area (Å²) in [5.74, 6) is 1.16. The zero-order valence-electron chi connectivity index (χ0n) is 19.1. The van der Waals surface area contributed by atoms with Gasteiger partial charge in [-0.3, -0.25) is 0 Å². The molecule has 1 aliphatic heterocycles. The first-order valence-corrected chi connectivity index (χ1v) is 12.4. The summed E-state index contributed by atoms with van der Waals surface area (Å²) in [6.45, 7) is -0.106.